The SMILES string of the molecule is CC(C)n1ccc2c(NC3CC3)nc(N)nc21. The highest BCUT2D eigenvalue weighted by molar-refractivity contribution is 5.88. The van der Waals surface area contributed by atoms with Gasteiger partial charge in [-0.2, -0.15) is 9.97 Å². The lowest BCUT2D eigenvalue weighted by Crippen LogP contribution is -2.08. The van der Waals surface area contributed by atoms with Crippen molar-refractivity contribution in [2.75, 3.05) is 11.1 Å². The lowest BCUT2D eigenvalue weighted by Gasteiger charge is -2.10. The summed E-state index contributed by atoms with van der Waals surface area (Å²) in [5, 5.41) is 4.46. The van der Waals surface area contributed by atoms with Crippen molar-refractivity contribution in [1.82, 2.24) is 14.5 Å². The summed E-state index contributed by atoms with van der Waals surface area (Å²) in [6.45, 7) is 4.26. The number of nitrogens with one attached hydrogen (secondary N) is 1. The van der Waals surface area contributed by atoms with Crippen molar-refractivity contribution in [3.05, 3.63) is 12.3 Å². The van der Waals surface area contributed by atoms with E-state index < -0.39 is 0 Å². The van der Waals surface area contributed by atoms with Gasteiger partial charge >= 0.3 is 0 Å². The summed E-state index contributed by atoms with van der Waals surface area (Å²) < 4.78 is 2.12. The van der Waals surface area contributed by atoms with E-state index in [1.165, 1.54) is 12.8 Å². The van der Waals surface area contributed by atoms with Crippen molar-refractivity contribution >= 4 is 22.8 Å². The Hall–Kier alpha value is -1.78. The van der Waals surface area contributed by atoms with Gasteiger partial charge in [0.25, 0.3) is 0 Å². The van der Waals surface area contributed by atoms with Crippen LogP contribution in [-0.2, 0) is 0 Å². The molecule has 0 atom stereocenters. The van der Waals surface area contributed by atoms with Crippen LogP contribution in [0.1, 0.15) is 32.7 Å². The highest BCUT2D eigenvalue weighted by atomic mass is 15.2. The molecule has 0 amide bonds. The first-order chi connectivity index (χ1) is 8.15. The molecule has 17 heavy (non-hydrogen) atoms. The Bertz CT molecular complexity index is 553. The van der Waals surface area contributed by atoms with Crippen molar-refractivity contribution < 1.29 is 0 Å². The molecule has 1 aliphatic carbocycles. The van der Waals surface area contributed by atoms with Gasteiger partial charge in [0, 0.05) is 18.3 Å². The van der Waals surface area contributed by atoms with Crippen molar-refractivity contribution in [3.63, 3.8) is 0 Å². The number of fused-ring (bicyclic) bond motifs is 1. The fourth-order valence-electron chi connectivity index (χ4n) is 2.00. The third kappa shape index (κ3) is 1.81. The molecule has 0 radical (unpaired) electrons. The topological polar surface area (TPSA) is 68.8 Å². The summed E-state index contributed by atoms with van der Waals surface area (Å²) in [6, 6.07) is 2.99. The molecule has 3 N–H and O–H groups in total. The second-order valence-corrected chi connectivity index (χ2v) is 4.90. The number of anilines is 2. The van der Waals surface area contributed by atoms with Gasteiger partial charge in [-0.15, -0.1) is 0 Å². The summed E-state index contributed by atoms with van der Waals surface area (Å²) in [5.41, 5.74) is 6.69. The molecule has 0 aromatic carbocycles. The molecule has 0 saturated heterocycles. The number of aromatic nitrogens is 3. The van der Waals surface area contributed by atoms with Gasteiger partial charge in [-0.05, 0) is 32.8 Å². The van der Waals surface area contributed by atoms with E-state index in [9.17, 15) is 0 Å². The Morgan fingerprint density at radius 3 is 2.82 bits per heavy atom. The minimum atomic E-state index is 0.334. The number of nitrogen functional groups attached to an aromatic ring is 1. The van der Waals surface area contributed by atoms with E-state index >= 15 is 0 Å². The van der Waals surface area contributed by atoms with E-state index in [1.54, 1.807) is 0 Å². The molecule has 0 unspecified atom stereocenters. The zero-order valence-electron chi connectivity index (χ0n) is 10.1. The molecule has 2 heterocycles. The molecule has 3 rings (SSSR count). The van der Waals surface area contributed by atoms with Crippen molar-refractivity contribution in [3.8, 4) is 0 Å². The molecule has 2 aromatic rings. The smallest absolute Gasteiger partial charge is 0.223 e. The summed E-state index contributed by atoms with van der Waals surface area (Å²) in [7, 11) is 0. The summed E-state index contributed by atoms with van der Waals surface area (Å²) in [5.74, 6) is 1.20. The van der Waals surface area contributed by atoms with E-state index in [2.05, 4.69) is 39.8 Å². The van der Waals surface area contributed by atoms with Crippen molar-refractivity contribution in [2.45, 2.75) is 38.8 Å². The number of nitrogens with zero attached hydrogens (tertiary/aromatic N) is 3. The van der Waals surface area contributed by atoms with Gasteiger partial charge in [-0.1, -0.05) is 0 Å². The summed E-state index contributed by atoms with van der Waals surface area (Å²) in [6.07, 6.45) is 4.48. The standard InChI is InChI=1S/C12H17N5/c1-7(2)17-6-5-9-10(14-8-3-4-8)15-12(13)16-11(9)17/h5-8H,3-4H2,1-2H3,(H3,13,14,15,16). The molecule has 1 fully saturated rings. The third-order valence-electron chi connectivity index (χ3n) is 3.06. The van der Waals surface area contributed by atoms with E-state index in [4.69, 9.17) is 5.73 Å². The second kappa shape index (κ2) is 3.61. The second-order valence-electron chi connectivity index (χ2n) is 4.90. The van der Waals surface area contributed by atoms with Crippen LogP contribution in [0.3, 0.4) is 0 Å². The quantitative estimate of drug-likeness (QED) is 0.849. The minimum absolute atomic E-state index is 0.334. The molecule has 0 bridgehead atoms. The van der Waals surface area contributed by atoms with Crippen LogP contribution in [0.2, 0.25) is 0 Å². The number of nitrogens with two attached hydrogens (primary N) is 1. The van der Waals surface area contributed by atoms with Crippen LogP contribution in [0.4, 0.5) is 11.8 Å². The van der Waals surface area contributed by atoms with Crippen molar-refractivity contribution in [1.29, 1.82) is 0 Å². The van der Waals surface area contributed by atoms with Gasteiger partial charge in [-0.3, -0.25) is 0 Å². The maximum absolute atomic E-state index is 5.77. The molecule has 0 aliphatic heterocycles. The van der Waals surface area contributed by atoms with Crippen LogP contribution < -0.4 is 11.1 Å². The molecule has 1 saturated carbocycles. The lowest BCUT2D eigenvalue weighted by atomic mass is 10.3. The summed E-state index contributed by atoms with van der Waals surface area (Å²) in [4.78, 5) is 8.63. The predicted octanol–water partition coefficient (Wildman–Crippen LogP) is 2.17. The number of hydrogen-bond acceptors (Lipinski definition) is 4. The first-order valence-corrected chi connectivity index (χ1v) is 6.05. The Labute approximate surface area is 100 Å². The first kappa shape index (κ1) is 10.4. The van der Waals surface area contributed by atoms with Gasteiger partial charge in [-0.25, -0.2) is 0 Å². The van der Waals surface area contributed by atoms with Gasteiger partial charge < -0.3 is 15.6 Å². The average Bonchev–Trinajstić information content (AvgIpc) is 2.94. The zero-order valence-corrected chi connectivity index (χ0v) is 10.1. The highest BCUT2D eigenvalue weighted by Crippen LogP contribution is 2.29. The van der Waals surface area contributed by atoms with Crippen LogP contribution in [0.15, 0.2) is 12.3 Å². The number of hydrogen-bond donors (Lipinski definition) is 2. The predicted molar refractivity (Wildman–Crippen MR) is 69.0 cm³/mol. The van der Waals surface area contributed by atoms with Gasteiger partial charge in [0.2, 0.25) is 5.95 Å². The highest BCUT2D eigenvalue weighted by Gasteiger charge is 2.23. The maximum atomic E-state index is 5.77. The Balaban J connectivity index is 2.14. The third-order valence-corrected chi connectivity index (χ3v) is 3.06. The molecular formula is C12H17N5. The Morgan fingerprint density at radius 1 is 1.41 bits per heavy atom. The summed E-state index contributed by atoms with van der Waals surface area (Å²) >= 11 is 0. The molecule has 5 heteroatoms. The first-order valence-electron chi connectivity index (χ1n) is 6.05. The molecule has 2 aromatic heterocycles. The van der Waals surface area contributed by atoms with Crippen LogP contribution in [0.5, 0.6) is 0 Å². The van der Waals surface area contributed by atoms with E-state index in [0.29, 0.717) is 18.0 Å². The Kier molecular flexibility index (Phi) is 2.21. The Morgan fingerprint density at radius 2 is 2.18 bits per heavy atom. The lowest BCUT2D eigenvalue weighted by molar-refractivity contribution is 0.618. The maximum Gasteiger partial charge on any atom is 0.223 e. The molecular weight excluding hydrogens is 214 g/mol. The van der Waals surface area contributed by atoms with Crippen LogP contribution >= 0.6 is 0 Å². The molecule has 0 spiro atoms. The minimum Gasteiger partial charge on any atom is -0.368 e. The van der Waals surface area contributed by atoms with Crippen molar-refractivity contribution in [2.24, 2.45) is 0 Å². The molecule has 5 nitrogen and oxygen atoms in total. The van der Waals surface area contributed by atoms with E-state index in [1.807, 2.05) is 6.20 Å². The van der Waals surface area contributed by atoms with E-state index in [-0.39, 0.29) is 0 Å². The van der Waals surface area contributed by atoms with Crippen LogP contribution in [0, 0.1) is 0 Å². The number of rotatable bonds is 3. The molecule has 1 aliphatic rings. The molecule has 90 valence electrons. The zero-order chi connectivity index (χ0) is 12.0. The van der Waals surface area contributed by atoms with Gasteiger partial charge in [0.15, 0.2) is 0 Å². The average molecular weight is 231 g/mol. The van der Waals surface area contributed by atoms with Gasteiger partial charge in [0.1, 0.15) is 11.5 Å². The van der Waals surface area contributed by atoms with E-state index in [0.717, 1.165) is 16.9 Å². The van der Waals surface area contributed by atoms with Crippen LogP contribution in [0.25, 0.3) is 11.0 Å². The monoisotopic (exact) mass is 231 g/mol. The van der Waals surface area contributed by atoms with Gasteiger partial charge in [0.05, 0.1) is 5.39 Å². The fraction of sp³-hybridized carbons (Fsp3) is 0.500. The van der Waals surface area contributed by atoms with Crippen LogP contribution in [-0.4, -0.2) is 20.6 Å². The largest absolute Gasteiger partial charge is 0.368 e. The fourth-order valence-corrected chi connectivity index (χ4v) is 2.00. The normalized spacial score (nSPS) is 15.7.